The number of aromatic nitrogens is 3. The molecule has 20 heavy (non-hydrogen) atoms. The van der Waals surface area contributed by atoms with Gasteiger partial charge in [-0.2, -0.15) is 11.8 Å². The van der Waals surface area contributed by atoms with Gasteiger partial charge < -0.3 is 15.7 Å². The van der Waals surface area contributed by atoms with Crippen LogP contribution in [0.3, 0.4) is 0 Å². The number of thioether (sulfide) groups is 1. The Kier molecular flexibility index (Phi) is 5.22. The second kappa shape index (κ2) is 7.13. The summed E-state index contributed by atoms with van der Waals surface area (Å²) in [4.78, 5) is 22.2. The monoisotopic (exact) mass is 299 g/mol. The number of amides is 2. The Balaban J connectivity index is 1.72. The van der Waals surface area contributed by atoms with Crippen LogP contribution >= 0.6 is 11.8 Å². The minimum absolute atomic E-state index is 0.219. The van der Waals surface area contributed by atoms with Crippen LogP contribution in [0.1, 0.15) is 18.5 Å². The summed E-state index contributed by atoms with van der Waals surface area (Å²) in [5.41, 5.74) is 0.527. The van der Waals surface area contributed by atoms with Crippen molar-refractivity contribution in [2.24, 2.45) is 0 Å². The molecule has 1 saturated heterocycles. The minimum atomic E-state index is -0.984. The topological polar surface area (TPSA) is 109 Å². The molecule has 0 bridgehead atoms. The van der Waals surface area contributed by atoms with Crippen molar-refractivity contribution in [2.75, 3.05) is 11.5 Å². The molecule has 2 amide bonds. The molecule has 1 atom stereocenters. The van der Waals surface area contributed by atoms with E-state index in [0.717, 1.165) is 24.3 Å². The summed E-state index contributed by atoms with van der Waals surface area (Å²) in [6.45, 7) is -0.0101. The highest BCUT2D eigenvalue weighted by Crippen LogP contribution is 2.16. The Bertz CT molecular complexity index is 472. The molecule has 1 unspecified atom stereocenters. The van der Waals surface area contributed by atoms with Crippen LogP contribution < -0.4 is 10.6 Å². The Morgan fingerprint density at radius 2 is 2.40 bits per heavy atom. The summed E-state index contributed by atoms with van der Waals surface area (Å²) in [5.74, 6) is 1.12. The van der Waals surface area contributed by atoms with Crippen LogP contribution in [0.25, 0.3) is 0 Å². The van der Waals surface area contributed by atoms with E-state index >= 15 is 0 Å². The third-order valence-corrected chi connectivity index (χ3v) is 4.02. The fraction of sp³-hybridized carbons (Fsp3) is 0.636. The van der Waals surface area contributed by atoms with Crippen molar-refractivity contribution in [2.45, 2.75) is 32.0 Å². The number of nitrogens with one attached hydrogen (secondary N) is 2. The maximum Gasteiger partial charge on any atom is 0.325 e. The number of carbonyl (C=O) groups excluding carboxylic acids is 1. The molecule has 0 aliphatic carbocycles. The second-order valence-electron chi connectivity index (χ2n) is 4.54. The summed E-state index contributed by atoms with van der Waals surface area (Å²) in [7, 11) is 0. The van der Waals surface area contributed by atoms with E-state index in [0.29, 0.717) is 5.69 Å². The van der Waals surface area contributed by atoms with Crippen LogP contribution in [0.15, 0.2) is 6.20 Å². The first-order valence-corrected chi connectivity index (χ1v) is 7.52. The van der Waals surface area contributed by atoms with E-state index in [1.165, 1.54) is 10.9 Å². The van der Waals surface area contributed by atoms with Gasteiger partial charge in [-0.15, -0.1) is 5.10 Å². The molecule has 110 valence electrons. The number of rotatable bonds is 5. The predicted octanol–water partition coefficient (Wildman–Crippen LogP) is 0.0575. The quantitative estimate of drug-likeness (QED) is 0.709. The van der Waals surface area contributed by atoms with Gasteiger partial charge in [-0.1, -0.05) is 5.21 Å². The van der Waals surface area contributed by atoms with Crippen molar-refractivity contribution < 1.29 is 14.7 Å². The zero-order valence-corrected chi connectivity index (χ0v) is 11.7. The van der Waals surface area contributed by atoms with E-state index in [-0.39, 0.29) is 25.2 Å². The molecule has 2 heterocycles. The first-order chi connectivity index (χ1) is 9.63. The summed E-state index contributed by atoms with van der Waals surface area (Å²) >= 11 is 1.84. The lowest BCUT2D eigenvalue weighted by Gasteiger charge is -2.22. The number of nitrogens with zero attached hydrogens (tertiary/aromatic N) is 3. The summed E-state index contributed by atoms with van der Waals surface area (Å²) in [5, 5.41) is 21.7. The lowest BCUT2D eigenvalue weighted by molar-refractivity contribution is -0.137. The van der Waals surface area contributed by atoms with Crippen molar-refractivity contribution in [3.8, 4) is 0 Å². The van der Waals surface area contributed by atoms with E-state index in [1.54, 1.807) is 0 Å². The second-order valence-corrected chi connectivity index (χ2v) is 5.69. The molecule has 1 aromatic heterocycles. The van der Waals surface area contributed by atoms with Gasteiger partial charge >= 0.3 is 12.0 Å². The number of hydrogen-bond acceptors (Lipinski definition) is 5. The van der Waals surface area contributed by atoms with Gasteiger partial charge in [0.05, 0.1) is 12.7 Å². The van der Waals surface area contributed by atoms with Gasteiger partial charge in [-0.25, -0.2) is 9.48 Å². The van der Waals surface area contributed by atoms with Crippen LogP contribution in [0.2, 0.25) is 0 Å². The van der Waals surface area contributed by atoms with Crippen molar-refractivity contribution >= 4 is 23.8 Å². The fourth-order valence-electron chi connectivity index (χ4n) is 1.90. The molecule has 0 radical (unpaired) electrons. The maximum absolute atomic E-state index is 11.7. The minimum Gasteiger partial charge on any atom is -0.480 e. The molecule has 3 N–H and O–H groups in total. The first-order valence-electron chi connectivity index (χ1n) is 6.36. The van der Waals surface area contributed by atoms with Gasteiger partial charge in [0.1, 0.15) is 12.2 Å². The van der Waals surface area contributed by atoms with E-state index in [2.05, 4.69) is 20.9 Å². The predicted molar refractivity (Wildman–Crippen MR) is 73.4 cm³/mol. The molecular formula is C11H17N5O3S. The smallest absolute Gasteiger partial charge is 0.325 e. The van der Waals surface area contributed by atoms with Crippen LogP contribution in [0, 0.1) is 0 Å². The van der Waals surface area contributed by atoms with Gasteiger partial charge in [0, 0.05) is 11.8 Å². The molecule has 0 aromatic carbocycles. The van der Waals surface area contributed by atoms with Crippen molar-refractivity contribution in [1.82, 2.24) is 25.6 Å². The van der Waals surface area contributed by atoms with Crippen LogP contribution in [0.4, 0.5) is 4.79 Å². The Labute approximate surface area is 120 Å². The zero-order chi connectivity index (χ0) is 14.4. The summed E-state index contributed by atoms with van der Waals surface area (Å²) in [6, 6.07) is -0.0123. The third kappa shape index (κ3) is 4.72. The molecule has 0 spiro atoms. The lowest BCUT2D eigenvalue weighted by Crippen LogP contribution is -2.44. The molecule has 1 aliphatic rings. The molecule has 1 aliphatic heterocycles. The largest absolute Gasteiger partial charge is 0.480 e. The number of urea groups is 1. The molecule has 8 nitrogen and oxygen atoms in total. The van der Waals surface area contributed by atoms with Crippen molar-refractivity contribution in [3.05, 3.63) is 11.9 Å². The third-order valence-electron chi connectivity index (χ3n) is 2.81. The highest BCUT2D eigenvalue weighted by molar-refractivity contribution is 7.99. The number of hydrogen-bond donors (Lipinski definition) is 3. The molecule has 0 saturated carbocycles. The number of carbonyl (C=O) groups is 2. The number of carboxylic acid groups (broad SMARTS) is 1. The highest BCUT2D eigenvalue weighted by Gasteiger charge is 2.15. The zero-order valence-electron chi connectivity index (χ0n) is 10.9. The average Bonchev–Trinajstić information content (AvgIpc) is 2.84. The lowest BCUT2D eigenvalue weighted by atomic mass is 10.2. The SMILES string of the molecule is O=C(O)Cn1cc(CNC(=O)NC2CCCSC2)nn1. The average molecular weight is 299 g/mol. The molecule has 9 heteroatoms. The van der Waals surface area contributed by atoms with E-state index in [1.807, 2.05) is 11.8 Å². The Morgan fingerprint density at radius 3 is 3.10 bits per heavy atom. The van der Waals surface area contributed by atoms with Crippen molar-refractivity contribution in [3.63, 3.8) is 0 Å². The molecular weight excluding hydrogens is 282 g/mol. The van der Waals surface area contributed by atoms with Gasteiger partial charge in [0.25, 0.3) is 0 Å². The molecule has 2 rings (SSSR count). The Hall–Kier alpha value is -1.77. The number of carboxylic acids is 1. The van der Waals surface area contributed by atoms with Gasteiger partial charge in [-0.05, 0) is 18.6 Å². The number of aliphatic carboxylic acids is 1. The van der Waals surface area contributed by atoms with Crippen LogP contribution in [-0.4, -0.2) is 49.6 Å². The fourth-order valence-corrected chi connectivity index (χ4v) is 2.97. The van der Waals surface area contributed by atoms with E-state index in [9.17, 15) is 9.59 Å². The van der Waals surface area contributed by atoms with Crippen LogP contribution in [0.5, 0.6) is 0 Å². The normalized spacial score (nSPS) is 18.5. The van der Waals surface area contributed by atoms with Gasteiger partial charge in [0.2, 0.25) is 0 Å². The maximum atomic E-state index is 11.7. The molecule has 1 aromatic rings. The standard InChI is InChI=1S/C11H17N5O3S/c17-10(18)6-16-5-9(14-15-16)4-12-11(19)13-8-2-1-3-20-7-8/h5,8H,1-4,6-7H2,(H,17,18)(H2,12,13,19). The summed E-state index contributed by atoms with van der Waals surface area (Å²) < 4.78 is 1.22. The van der Waals surface area contributed by atoms with Gasteiger partial charge in [0.15, 0.2) is 0 Å². The highest BCUT2D eigenvalue weighted by atomic mass is 32.2. The molecule has 1 fully saturated rings. The Morgan fingerprint density at radius 1 is 1.55 bits per heavy atom. The van der Waals surface area contributed by atoms with E-state index < -0.39 is 5.97 Å². The first kappa shape index (κ1) is 14.6. The van der Waals surface area contributed by atoms with E-state index in [4.69, 9.17) is 5.11 Å². The van der Waals surface area contributed by atoms with Crippen LogP contribution in [-0.2, 0) is 17.9 Å². The summed E-state index contributed by atoms with van der Waals surface area (Å²) in [6.07, 6.45) is 3.64. The van der Waals surface area contributed by atoms with Crippen molar-refractivity contribution in [1.29, 1.82) is 0 Å². The van der Waals surface area contributed by atoms with Gasteiger partial charge in [-0.3, -0.25) is 4.79 Å².